The molecule has 2 heterocycles. The molecule has 0 bridgehead atoms. The number of carbonyl (C=O) groups is 2. The van der Waals surface area contributed by atoms with Crippen molar-refractivity contribution in [2.24, 2.45) is 0 Å². The molecule has 0 radical (unpaired) electrons. The number of fused-ring (bicyclic) bond motifs is 2. The van der Waals surface area contributed by atoms with Gasteiger partial charge in [0.25, 0.3) is 0 Å². The second kappa shape index (κ2) is 5.52. The lowest BCUT2D eigenvalue weighted by atomic mass is 9.80. The summed E-state index contributed by atoms with van der Waals surface area (Å²) in [5.41, 5.74) is 0.817. The summed E-state index contributed by atoms with van der Waals surface area (Å²) in [6.45, 7) is 7.65. The normalized spacial score (nSPS) is 28.7. The summed E-state index contributed by atoms with van der Waals surface area (Å²) in [5, 5.41) is 2.89. The third-order valence-electron chi connectivity index (χ3n) is 5.41. The highest BCUT2D eigenvalue weighted by Crippen LogP contribution is 2.46. The molecule has 6 heteroatoms. The number of ether oxygens (including phenoxy) is 1. The third kappa shape index (κ3) is 2.15. The van der Waals surface area contributed by atoms with E-state index in [1.165, 1.54) is 4.90 Å². The van der Waals surface area contributed by atoms with E-state index in [0.717, 1.165) is 36.9 Å². The Labute approximate surface area is 140 Å². The molecule has 1 aromatic carbocycles. The van der Waals surface area contributed by atoms with Gasteiger partial charge in [0.15, 0.2) is 0 Å². The second-order valence-corrected chi connectivity index (χ2v) is 6.81. The minimum absolute atomic E-state index is 0.0508. The van der Waals surface area contributed by atoms with Crippen molar-refractivity contribution in [3.8, 4) is 0 Å². The van der Waals surface area contributed by atoms with Crippen LogP contribution in [0, 0.1) is 6.57 Å². The van der Waals surface area contributed by atoms with Gasteiger partial charge in [0.1, 0.15) is 11.5 Å². The molecule has 1 saturated heterocycles. The standard InChI is InChI=1S/C18H19N3O3/c1-19-15-10-18(13-8-4-5-9-14(13)20-16(18)22)11-21(15)17(23)24-12-6-2-3-7-12/h4-5,8-9,12,15H,2-3,6-7,10-11H2,(H,20,22)/t15-,18-/m0/s1. The summed E-state index contributed by atoms with van der Waals surface area (Å²) in [6, 6.07) is 7.51. The van der Waals surface area contributed by atoms with E-state index in [0.29, 0.717) is 6.42 Å². The van der Waals surface area contributed by atoms with E-state index >= 15 is 0 Å². The van der Waals surface area contributed by atoms with Crippen LogP contribution in [0.25, 0.3) is 4.85 Å². The third-order valence-corrected chi connectivity index (χ3v) is 5.41. The molecule has 1 N–H and O–H groups in total. The minimum atomic E-state index is -0.833. The van der Waals surface area contributed by atoms with Crippen LogP contribution in [0.1, 0.15) is 37.7 Å². The van der Waals surface area contributed by atoms with E-state index in [2.05, 4.69) is 10.2 Å². The van der Waals surface area contributed by atoms with Crippen molar-refractivity contribution in [2.75, 3.05) is 11.9 Å². The first kappa shape index (κ1) is 15.0. The number of nitrogens with zero attached hydrogens (tertiary/aromatic N) is 2. The maximum atomic E-state index is 12.6. The van der Waals surface area contributed by atoms with E-state index in [4.69, 9.17) is 11.3 Å². The zero-order valence-corrected chi connectivity index (χ0v) is 13.3. The lowest BCUT2D eigenvalue weighted by molar-refractivity contribution is -0.120. The maximum absolute atomic E-state index is 12.6. The number of hydrogen-bond donors (Lipinski definition) is 1. The average Bonchev–Trinajstić information content (AvgIpc) is 3.28. The van der Waals surface area contributed by atoms with Crippen LogP contribution < -0.4 is 5.32 Å². The number of para-hydroxylation sites is 1. The molecule has 0 aromatic heterocycles. The van der Waals surface area contributed by atoms with Crippen LogP contribution in [0.5, 0.6) is 0 Å². The fourth-order valence-electron chi connectivity index (χ4n) is 4.13. The van der Waals surface area contributed by atoms with Crippen LogP contribution in [0.4, 0.5) is 10.5 Å². The first-order valence-electron chi connectivity index (χ1n) is 8.39. The van der Waals surface area contributed by atoms with Crippen LogP contribution in [0.3, 0.4) is 0 Å². The summed E-state index contributed by atoms with van der Waals surface area (Å²) >= 11 is 0. The first-order valence-corrected chi connectivity index (χ1v) is 8.39. The monoisotopic (exact) mass is 325 g/mol. The number of nitrogens with one attached hydrogen (secondary N) is 1. The highest BCUT2D eigenvalue weighted by molar-refractivity contribution is 6.07. The van der Waals surface area contributed by atoms with Crippen LogP contribution in [0.15, 0.2) is 24.3 Å². The van der Waals surface area contributed by atoms with Gasteiger partial charge in [-0.3, -0.25) is 9.64 Å². The van der Waals surface area contributed by atoms with Gasteiger partial charge in [0.2, 0.25) is 5.91 Å². The summed E-state index contributed by atoms with van der Waals surface area (Å²) in [7, 11) is 0. The molecule has 124 valence electrons. The molecule has 4 rings (SSSR count). The molecule has 2 fully saturated rings. The van der Waals surface area contributed by atoms with Gasteiger partial charge in [0.05, 0.1) is 13.0 Å². The quantitative estimate of drug-likeness (QED) is 0.808. The van der Waals surface area contributed by atoms with E-state index < -0.39 is 17.7 Å². The molecule has 6 nitrogen and oxygen atoms in total. The fourth-order valence-corrected chi connectivity index (χ4v) is 4.13. The molecular weight excluding hydrogens is 306 g/mol. The van der Waals surface area contributed by atoms with Gasteiger partial charge in [-0.05, 0) is 37.3 Å². The van der Waals surface area contributed by atoms with Crippen molar-refractivity contribution in [1.29, 1.82) is 0 Å². The highest BCUT2D eigenvalue weighted by atomic mass is 16.6. The summed E-state index contributed by atoms with van der Waals surface area (Å²) < 4.78 is 5.57. The molecule has 24 heavy (non-hydrogen) atoms. The number of hydrogen-bond acceptors (Lipinski definition) is 3. The Morgan fingerprint density at radius 2 is 2.08 bits per heavy atom. The van der Waals surface area contributed by atoms with Crippen LogP contribution in [-0.4, -0.2) is 35.7 Å². The van der Waals surface area contributed by atoms with Crippen molar-refractivity contribution in [3.63, 3.8) is 0 Å². The molecular formula is C18H19N3O3. The number of amides is 2. The second-order valence-electron chi connectivity index (χ2n) is 6.81. The molecule has 2 atom stereocenters. The maximum Gasteiger partial charge on any atom is 0.415 e. The van der Waals surface area contributed by atoms with Crippen LogP contribution in [0.2, 0.25) is 0 Å². The Morgan fingerprint density at radius 1 is 1.33 bits per heavy atom. The predicted octanol–water partition coefficient (Wildman–Crippen LogP) is 2.91. The Morgan fingerprint density at radius 3 is 2.83 bits per heavy atom. The smallest absolute Gasteiger partial charge is 0.415 e. The van der Waals surface area contributed by atoms with Gasteiger partial charge in [-0.1, -0.05) is 18.2 Å². The molecule has 1 aliphatic carbocycles. The molecule has 0 unspecified atom stereocenters. The van der Waals surface area contributed by atoms with E-state index in [9.17, 15) is 9.59 Å². The number of anilines is 1. The van der Waals surface area contributed by atoms with Crippen molar-refractivity contribution >= 4 is 17.7 Å². The molecule has 2 aliphatic heterocycles. The summed E-state index contributed by atoms with van der Waals surface area (Å²) in [6.07, 6.45) is 3.07. The van der Waals surface area contributed by atoms with Crippen molar-refractivity contribution in [3.05, 3.63) is 41.2 Å². The minimum Gasteiger partial charge on any atom is -0.446 e. The van der Waals surface area contributed by atoms with Gasteiger partial charge < -0.3 is 10.1 Å². The fraction of sp³-hybridized carbons (Fsp3) is 0.500. The largest absolute Gasteiger partial charge is 0.446 e. The van der Waals surface area contributed by atoms with Gasteiger partial charge in [-0.2, -0.15) is 0 Å². The molecule has 1 saturated carbocycles. The van der Waals surface area contributed by atoms with Crippen LogP contribution in [-0.2, 0) is 14.9 Å². The van der Waals surface area contributed by atoms with Gasteiger partial charge >= 0.3 is 12.3 Å². The van der Waals surface area contributed by atoms with E-state index in [1.54, 1.807) is 0 Å². The summed E-state index contributed by atoms with van der Waals surface area (Å²) in [4.78, 5) is 30.2. The van der Waals surface area contributed by atoms with Gasteiger partial charge in [-0.25, -0.2) is 16.3 Å². The zero-order valence-electron chi connectivity index (χ0n) is 13.3. The van der Waals surface area contributed by atoms with Gasteiger partial charge in [-0.15, -0.1) is 0 Å². The first-order chi connectivity index (χ1) is 11.6. The Bertz CT molecular complexity index is 735. The molecule has 3 aliphatic rings. The van der Waals surface area contributed by atoms with E-state index in [-0.39, 0.29) is 18.6 Å². The Hall–Kier alpha value is -2.55. The number of rotatable bonds is 1. The predicted molar refractivity (Wildman–Crippen MR) is 87.2 cm³/mol. The number of likely N-dealkylation sites (tertiary alicyclic amines) is 1. The Kier molecular flexibility index (Phi) is 3.45. The SMILES string of the molecule is [C-]#[N+][C@@H]1C[C@@]2(CN1C(=O)OC1CCCC1)C(=O)Nc1ccccc12. The lowest BCUT2D eigenvalue weighted by Crippen LogP contribution is -2.40. The van der Waals surface area contributed by atoms with Gasteiger partial charge in [0, 0.05) is 5.69 Å². The Balaban J connectivity index is 1.61. The van der Waals surface area contributed by atoms with Crippen molar-refractivity contribution < 1.29 is 14.3 Å². The van der Waals surface area contributed by atoms with Crippen molar-refractivity contribution in [1.82, 2.24) is 4.90 Å². The number of carbonyl (C=O) groups excluding carboxylic acids is 2. The lowest BCUT2D eigenvalue weighted by Gasteiger charge is -2.22. The topological polar surface area (TPSA) is 63.0 Å². The van der Waals surface area contributed by atoms with E-state index in [1.807, 2.05) is 24.3 Å². The van der Waals surface area contributed by atoms with Crippen molar-refractivity contribution in [2.45, 2.75) is 49.8 Å². The molecule has 2 amide bonds. The van der Waals surface area contributed by atoms with Crippen LogP contribution >= 0.6 is 0 Å². The number of benzene rings is 1. The highest BCUT2D eigenvalue weighted by Gasteiger charge is 2.59. The average molecular weight is 325 g/mol. The molecule has 1 spiro atoms. The zero-order chi connectivity index (χ0) is 16.7. The summed E-state index contributed by atoms with van der Waals surface area (Å²) in [5.74, 6) is -0.131. The molecule has 1 aromatic rings.